The number of rotatable bonds is 6. The Hall–Kier alpha value is -0.770. The van der Waals surface area contributed by atoms with Crippen LogP contribution in [0.2, 0.25) is 0 Å². The predicted molar refractivity (Wildman–Crippen MR) is 66.3 cm³/mol. The van der Waals surface area contributed by atoms with E-state index < -0.39 is 0 Å². The summed E-state index contributed by atoms with van der Waals surface area (Å²) in [6.07, 6.45) is 3.25. The quantitative estimate of drug-likeness (QED) is 0.723. The number of hydrogen-bond donors (Lipinski definition) is 2. The van der Waals surface area contributed by atoms with Crippen LogP contribution in [0.15, 0.2) is 0 Å². The molecule has 0 unspecified atom stereocenters. The number of nitrogens with two attached hydrogens (primary N) is 1. The molecule has 0 aromatic rings. The van der Waals surface area contributed by atoms with Gasteiger partial charge in [-0.2, -0.15) is 0 Å². The molecule has 0 bridgehead atoms. The summed E-state index contributed by atoms with van der Waals surface area (Å²) in [6, 6.07) is 0.499. The molecule has 1 aliphatic rings. The minimum atomic E-state index is -0.00391. The summed E-state index contributed by atoms with van der Waals surface area (Å²) < 4.78 is 0. The van der Waals surface area contributed by atoms with Gasteiger partial charge in [0.15, 0.2) is 0 Å². The molecule has 1 rings (SSSR count). The van der Waals surface area contributed by atoms with E-state index >= 15 is 0 Å². The summed E-state index contributed by atoms with van der Waals surface area (Å²) in [4.78, 5) is 13.8. The largest absolute Gasteiger partial charge is 0.335 e. The van der Waals surface area contributed by atoms with Crippen LogP contribution in [0.4, 0.5) is 4.79 Å². The topological polar surface area (TPSA) is 58.4 Å². The number of hydrogen-bond acceptors (Lipinski definition) is 2. The highest BCUT2D eigenvalue weighted by molar-refractivity contribution is 5.74. The fourth-order valence-electron chi connectivity index (χ4n) is 1.60. The van der Waals surface area contributed by atoms with E-state index in [4.69, 9.17) is 5.73 Å². The summed E-state index contributed by atoms with van der Waals surface area (Å²) in [5.74, 6) is 0. The van der Waals surface area contributed by atoms with Gasteiger partial charge in [-0.1, -0.05) is 20.8 Å². The van der Waals surface area contributed by atoms with Gasteiger partial charge < -0.3 is 16.0 Å². The highest BCUT2D eigenvalue weighted by Gasteiger charge is 2.28. The molecule has 0 spiro atoms. The van der Waals surface area contributed by atoms with Gasteiger partial charge in [-0.15, -0.1) is 0 Å². The minimum Gasteiger partial charge on any atom is -0.335 e. The van der Waals surface area contributed by atoms with Gasteiger partial charge in [0.2, 0.25) is 0 Å². The van der Waals surface area contributed by atoms with Crippen LogP contribution in [-0.2, 0) is 0 Å². The molecule has 2 amide bonds. The Balaban J connectivity index is 2.47. The number of carbonyl (C=O) groups excluding carboxylic acids is 1. The number of urea groups is 1. The van der Waals surface area contributed by atoms with Crippen molar-refractivity contribution < 1.29 is 4.79 Å². The predicted octanol–water partition coefficient (Wildman–Crippen LogP) is 1.56. The van der Waals surface area contributed by atoms with Crippen LogP contribution in [0.5, 0.6) is 0 Å². The van der Waals surface area contributed by atoms with Crippen molar-refractivity contribution in [2.75, 3.05) is 19.6 Å². The third kappa shape index (κ3) is 4.39. The molecule has 0 aliphatic heterocycles. The Morgan fingerprint density at radius 2 is 2.12 bits per heavy atom. The molecule has 0 radical (unpaired) electrons. The maximum Gasteiger partial charge on any atom is 0.317 e. The lowest BCUT2D eigenvalue weighted by atomic mass is 9.93. The number of carbonyl (C=O) groups is 1. The highest BCUT2D eigenvalue weighted by Crippen LogP contribution is 2.20. The van der Waals surface area contributed by atoms with E-state index in [1.165, 1.54) is 0 Å². The molecule has 16 heavy (non-hydrogen) atoms. The number of amides is 2. The maximum absolute atomic E-state index is 12.0. The second-order valence-corrected chi connectivity index (χ2v) is 5.51. The average molecular weight is 227 g/mol. The lowest BCUT2D eigenvalue weighted by Crippen LogP contribution is -2.47. The van der Waals surface area contributed by atoms with Crippen molar-refractivity contribution in [1.29, 1.82) is 0 Å². The highest BCUT2D eigenvalue weighted by atomic mass is 16.2. The van der Waals surface area contributed by atoms with E-state index in [2.05, 4.69) is 26.1 Å². The van der Waals surface area contributed by atoms with Crippen LogP contribution in [0.1, 0.15) is 40.0 Å². The first-order valence-corrected chi connectivity index (χ1v) is 6.24. The zero-order chi connectivity index (χ0) is 12.2. The van der Waals surface area contributed by atoms with Crippen molar-refractivity contribution in [3.05, 3.63) is 0 Å². The molecule has 4 heteroatoms. The monoisotopic (exact) mass is 227 g/mol. The van der Waals surface area contributed by atoms with Gasteiger partial charge in [0, 0.05) is 19.1 Å². The van der Waals surface area contributed by atoms with Gasteiger partial charge in [0.25, 0.3) is 0 Å². The molecule has 3 N–H and O–H groups in total. The van der Waals surface area contributed by atoms with Crippen molar-refractivity contribution in [3.63, 3.8) is 0 Å². The minimum absolute atomic E-state index is 0.00391. The summed E-state index contributed by atoms with van der Waals surface area (Å²) >= 11 is 0. The molecule has 1 saturated carbocycles. The lowest BCUT2D eigenvalue weighted by molar-refractivity contribution is 0.169. The van der Waals surface area contributed by atoms with Crippen molar-refractivity contribution in [1.82, 2.24) is 10.2 Å². The van der Waals surface area contributed by atoms with Gasteiger partial charge >= 0.3 is 6.03 Å². The Labute approximate surface area is 98.6 Å². The summed E-state index contributed by atoms with van der Waals surface area (Å²) in [5, 5.41) is 3.03. The SMILES string of the molecule is CCCN(CC(C)(C)CN)C(=O)NC1CC1. The molecule has 0 atom stereocenters. The van der Waals surface area contributed by atoms with Gasteiger partial charge in [0.1, 0.15) is 0 Å². The van der Waals surface area contributed by atoms with Crippen molar-refractivity contribution in [3.8, 4) is 0 Å². The Morgan fingerprint density at radius 1 is 1.50 bits per heavy atom. The van der Waals surface area contributed by atoms with Crippen LogP contribution in [0.25, 0.3) is 0 Å². The zero-order valence-electron chi connectivity index (χ0n) is 10.8. The van der Waals surface area contributed by atoms with E-state index in [0.29, 0.717) is 12.6 Å². The first-order chi connectivity index (χ1) is 7.48. The number of nitrogens with one attached hydrogen (secondary N) is 1. The van der Waals surface area contributed by atoms with Crippen molar-refractivity contribution in [2.24, 2.45) is 11.1 Å². The van der Waals surface area contributed by atoms with Gasteiger partial charge in [-0.3, -0.25) is 0 Å². The van der Waals surface area contributed by atoms with E-state index in [9.17, 15) is 4.79 Å². The molecule has 1 aliphatic carbocycles. The average Bonchev–Trinajstić information content (AvgIpc) is 3.01. The fraction of sp³-hybridized carbons (Fsp3) is 0.917. The Bertz CT molecular complexity index is 236. The maximum atomic E-state index is 12.0. The third-order valence-electron chi connectivity index (χ3n) is 2.86. The Kier molecular flexibility index (Phi) is 4.59. The van der Waals surface area contributed by atoms with Crippen LogP contribution >= 0.6 is 0 Å². The molecule has 4 nitrogen and oxygen atoms in total. The normalized spacial score (nSPS) is 16.0. The second-order valence-electron chi connectivity index (χ2n) is 5.51. The molecular weight excluding hydrogens is 202 g/mol. The Morgan fingerprint density at radius 3 is 2.56 bits per heavy atom. The first kappa shape index (κ1) is 13.3. The first-order valence-electron chi connectivity index (χ1n) is 6.24. The third-order valence-corrected chi connectivity index (χ3v) is 2.86. The molecule has 0 aromatic heterocycles. The van der Waals surface area contributed by atoms with Crippen molar-refractivity contribution in [2.45, 2.75) is 46.1 Å². The summed E-state index contributed by atoms with van der Waals surface area (Å²) in [6.45, 7) is 8.43. The number of nitrogens with zero attached hydrogens (tertiary/aromatic N) is 1. The molecule has 94 valence electrons. The molecular formula is C12H25N3O. The smallest absolute Gasteiger partial charge is 0.317 e. The van der Waals surface area contributed by atoms with Gasteiger partial charge in [-0.05, 0) is 31.2 Å². The second kappa shape index (κ2) is 5.53. The van der Waals surface area contributed by atoms with E-state index in [1.54, 1.807) is 0 Å². The van der Waals surface area contributed by atoms with E-state index in [0.717, 1.165) is 32.4 Å². The molecule has 1 fully saturated rings. The molecule has 0 heterocycles. The van der Waals surface area contributed by atoms with Crippen molar-refractivity contribution >= 4 is 6.03 Å². The molecule has 0 aromatic carbocycles. The van der Waals surface area contributed by atoms with Gasteiger partial charge in [0.05, 0.1) is 0 Å². The van der Waals surface area contributed by atoms with Crippen LogP contribution in [0.3, 0.4) is 0 Å². The van der Waals surface area contributed by atoms with E-state index in [1.807, 2.05) is 4.90 Å². The lowest BCUT2D eigenvalue weighted by Gasteiger charge is -2.31. The van der Waals surface area contributed by atoms with Crippen LogP contribution in [0, 0.1) is 5.41 Å². The van der Waals surface area contributed by atoms with E-state index in [-0.39, 0.29) is 11.4 Å². The molecule has 0 saturated heterocycles. The summed E-state index contributed by atoms with van der Waals surface area (Å²) in [7, 11) is 0. The summed E-state index contributed by atoms with van der Waals surface area (Å²) in [5.41, 5.74) is 5.70. The van der Waals surface area contributed by atoms with Crippen LogP contribution < -0.4 is 11.1 Å². The standard InChI is InChI=1S/C12H25N3O/c1-4-7-15(9-12(2,3)8-13)11(16)14-10-5-6-10/h10H,4-9,13H2,1-3H3,(H,14,16). The van der Waals surface area contributed by atoms with Gasteiger partial charge in [-0.25, -0.2) is 4.79 Å². The fourth-order valence-corrected chi connectivity index (χ4v) is 1.60. The zero-order valence-corrected chi connectivity index (χ0v) is 10.8. The van der Waals surface area contributed by atoms with Crippen LogP contribution in [-0.4, -0.2) is 36.6 Å².